The van der Waals surface area contributed by atoms with Crippen molar-refractivity contribution in [2.24, 2.45) is 17.6 Å². The van der Waals surface area contributed by atoms with Crippen molar-refractivity contribution in [3.63, 3.8) is 0 Å². The Morgan fingerprint density at radius 1 is 1.24 bits per heavy atom. The second kappa shape index (κ2) is 4.81. The van der Waals surface area contributed by atoms with E-state index in [1.165, 1.54) is 30.4 Å². The monoisotopic (exact) mass is 231 g/mol. The van der Waals surface area contributed by atoms with E-state index in [1.807, 2.05) is 0 Å². The molecule has 0 saturated heterocycles. The van der Waals surface area contributed by atoms with Gasteiger partial charge in [0.2, 0.25) is 0 Å². The quantitative estimate of drug-likeness (QED) is 0.825. The summed E-state index contributed by atoms with van der Waals surface area (Å²) in [5, 5.41) is 0. The van der Waals surface area contributed by atoms with Crippen LogP contribution in [0, 0.1) is 18.8 Å². The number of hydrogen-bond acceptors (Lipinski definition) is 1. The molecular weight excluding hydrogens is 206 g/mol. The van der Waals surface area contributed by atoms with E-state index in [9.17, 15) is 0 Å². The fourth-order valence-electron chi connectivity index (χ4n) is 3.13. The van der Waals surface area contributed by atoms with Crippen molar-refractivity contribution in [1.82, 2.24) is 0 Å². The molecule has 2 rings (SSSR count). The first-order chi connectivity index (χ1) is 8.01. The molecule has 2 N–H and O–H groups in total. The van der Waals surface area contributed by atoms with Gasteiger partial charge in [0.25, 0.3) is 0 Å². The molecule has 0 radical (unpaired) electrons. The second-order valence-electron chi connectivity index (χ2n) is 6.05. The van der Waals surface area contributed by atoms with Crippen LogP contribution in [0.25, 0.3) is 0 Å². The minimum Gasteiger partial charge on any atom is -0.325 e. The molecule has 1 saturated carbocycles. The fraction of sp³-hybridized carbons (Fsp3) is 0.625. The van der Waals surface area contributed by atoms with Crippen LogP contribution in [0.1, 0.15) is 44.2 Å². The molecule has 1 heteroatoms. The molecule has 1 nitrogen and oxygen atoms in total. The zero-order valence-electron chi connectivity index (χ0n) is 11.4. The lowest BCUT2D eigenvalue weighted by Gasteiger charge is -2.43. The van der Waals surface area contributed by atoms with Gasteiger partial charge in [-0.3, -0.25) is 0 Å². The first-order valence-electron chi connectivity index (χ1n) is 6.86. The van der Waals surface area contributed by atoms with Crippen LogP contribution in [0.2, 0.25) is 0 Å². The minimum absolute atomic E-state index is 0.00687. The third kappa shape index (κ3) is 2.71. The van der Waals surface area contributed by atoms with E-state index in [1.54, 1.807) is 0 Å². The van der Waals surface area contributed by atoms with Crippen LogP contribution >= 0.6 is 0 Å². The Labute approximate surface area is 105 Å². The van der Waals surface area contributed by atoms with Gasteiger partial charge in [-0.05, 0) is 37.2 Å². The van der Waals surface area contributed by atoms with Crippen LogP contribution < -0.4 is 5.73 Å². The molecule has 0 aliphatic heterocycles. The zero-order valence-corrected chi connectivity index (χ0v) is 11.4. The van der Waals surface area contributed by atoms with Crippen molar-refractivity contribution in [1.29, 1.82) is 0 Å². The van der Waals surface area contributed by atoms with E-state index in [0.29, 0.717) is 5.92 Å². The standard InChI is InChI=1S/C16H25N/c1-12-6-8-15(9-7-12)11-16(17)10-4-5-13(2)14(16)3/h6-9,13-14H,4-5,10-11,17H2,1-3H3. The summed E-state index contributed by atoms with van der Waals surface area (Å²) in [4.78, 5) is 0. The number of rotatable bonds is 2. The van der Waals surface area contributed by atoms with Gasteiger partial charge in [0.15, 0.2) is 0 Å². The smallest absolute Gasteiger partial charge is 0.0223 e. The lowest BCUT2D eigenvalue weighted by molar-refractivity contribution is 0.143. The van der Waals surface area contributed by atoms with E-state index >= 15 is 0 Å². The summed E-state index contributed by atoms with van der Waals surface area (Å²) in [6.45, 7) is 6.81. The topological polar surface area (TPSA) is 26.0 Å². The predicted octanol–water partition coefficient (Wildman–Crippen LogP) is 3.69. The molecule has 0 aromatic heterocycles. The molecule has 0 heterocycles. The molecule has 1 aliphatic rings. The highest BCUT2D eigenvalue weighted by atomic mass is 14.8. The Kier molecular flexibility index (Phi) is 3.58. The largest absolute Gasteiger partial charge is 0.325 e. The highest BCUT2D eigenvalue weighted by Gasteiger charge is 2.37. The molecular formula is C16H25N. The maximum absolute atomic E-state index is 6.66. The molecule has 0 amide bonds. The van der Waals surface area contributed by atoms with Gasteiger partial charge in [-0.15, -0.1) is 0 Å². The molecule has 17 heavy (non-hydrogen) atoms. The van der Waals surface area contributed by atoms with E-state index < -0.39 is 0 Å². The molecule has 1 aromatic carbocycles. The van der Waals surface area contributed by atoms with Crippen LogP contribution in [0.5, 0.6) is 0 Å². The van der Waals surface area contributed by atoms with E-state index in [4.69, 9.17) is 5.73 Å². The molecule has 0 spiro atoms. The van der Waals surface area contributed by atoms with Gasteiger partial charge in [0.1, 0.15) is 0 Å². The SMILES string of the molecule is Cc1ccc(CC2(N)CCCC(C)C2C)cc1. The van der Waals surface area contributed by atoms with Crippen molar-refractivity contribution in [2.45, 2.75) is 52.0 Å². The first-order valence-corrected chi connectivity index (χ1v) is 6.86. The van der Waals surface area contributed by atoms with Gasteiger partial charge < -0.3 is 5.73 Å². The van der Waals surface area contributed by atoms with E-state index in [2.05, 4.69) is 45.0 Å². The van der Waals surface area contributed by atoms with Crippen molar-refractivity contribution >= 4 is 0 Å². The van der Waals surface area contributed by atoms with Crippen molar-refractivity contribution in [3.8, 4) is 0 Å². The van der Waals surface area contributed by atoms with Gasteiger partial charge >= 0.3 is 0 Å². The Hall–Kier alpha value is -0.820. The average molecular weight is 231 g/mol. The summed E-state index contributed by atoms with van der Waals surface area (Å²) >= 11 is 0. The fourth-order valence-corrected chi connectivity index (χ4v) is 3.13. The van der Waals surface area contributed by atoms with Crippen LogP contribution in [0.4, 0.5) is 0 Å². The van der Waals surface area contributed by atoms with Crippen molar-refractivity contribution in [2.75, 3.05) is 0 Å². The van der Waals surface area contributed by atoms with Crippen LogP contribution in [-0.2, 0) is 6.42 Å². The zero-order chi connectivity index (χ0) is 12.5. The molecule has 1 fully saturated rings. The molecule has 1 aliphatic carbocycles. The third-order valence-electron chi connectivity index (χ3n) is 4.72. The van der Waals surface area contributed by atoms with Crippen molar-refractivity contribution in [3.05, 3.63) is 35.4 Å². The Morgan fingerprint density at radius 3 is 2.53 bits per heavy atom. The highest BCUT2D eigenvalue weighted by Crippen LogP contribution is 2.37. The molecule has 0 bridgehead atoms. The Bertz CT molecular complexity index is 368. The van der Waals surface area contributed by atoms with Gasteiger partial charge in [-0.25, -0.2) is 0 Å². The van der Waals surface area contributed by atoms with Gasteiger partial charge in [0, 0.05) is 5.54 Å². The van der Waals surface area contributed by atoms with E-state index in [0.717, 1.165) is 12.3 Å². The number of nitrogens with two attached hydrogens (primary N) is 1. The summed E-state index contributed by atoms with van der Waals surface area (Å²) < 4.78 is 0. The minimum atomic E-state index is 0.00687. The summed E-state index contributed by atoms with van der Waals surface area (Å²) in [7, 11) is 0. The van der Waals surface area contributed by atoms with Crippen LogP contribution in [0.15, 0.2) is 24.3 Å². The van der Waals surface area contributed by atoms with Crippen LogP contribution in [0.3, 0.4) is 0 Å². The van der Waals surface area contributed by atoms with Crippen molar-refractivity contribution < 1.29 is 0 Å². The molecule has 1 aromatic rings. The first kappa shape index (κ1) is 12.6. The van der Waals surface area contributed by atoms with Crippen LogP contribution in [-0.4, -0.2) is 5.54 Å². The summed E-state index contributed by atoms with van der Waals surface area (Å²) in [6.07, 6.45) is 4.83. The predicted molar refractivity (Wildman–Crippen MR) is 74.0 cm³/mol. The average Bonchev–Trinajstić information content (AvgIpc) is 2.29. The lowest BCUT2D eigenvalue weighted by Crippen LogP contribution is -2.52. The maximum atomic E-state index is 6.66. The normalized spacial score (nSPS) is 33.6. The molecule has 3 atom stereocenters. The second-order valence-corrected chi connectivity index (χ2v) is 6.05. The Morgan fingerprint density at radius 2 is 1.88 bits per heavy atom. The molecule has 3 unspecified atom stereocenters. The Balaban J connectivity index is 2.13. The molecule has 94 valence electrons. The van der Waals surface area contributed by atoms with Gasteiger partial charge in [-0.2, -0.15) is 0 Å². The maximum Gasteiger partial charge on any atom is 0.0223 e. The lowest BCUT2D eigenvalue weighted by atomic mass is 9.66. The number of benzene rings is 1. The summed E-state index contributed by atoms with van der Waals surface area (Å²) in [5.74, 6) is 1.39. The van der Waals surface area contributed by atoms with Gasteiger partial charge in [-0.1, -0.05) is 56.5 Å². The summed E-state index contributed by atoms with van der Waals surface area (Å²) in [5.41, 5.74) is 9.38. The van der Waals surface area contributed by atoms with Gasteiger partial charge in [0.05, 0.1) is 0 Å². The third-order valence-corrected chi connectivity index (χ3v) is 4.72. The highest BCUT2D eigenvalue weighted by molar-refractivity contribution is 5.23. The number of hydrogen-bond donors (Lipinski definition) is 1. The number of aryl methyl sites for hydroxylation is 1. The van der Waals surface area contributed by atoms with E-state index in [-0.39, 0.29) is 5.54 Å². The summed E-state index contributed by atoms with van der Waals surface area (Å²) in [6, 6.07) is 8.84.